The first-order valence-electron chi connectivity index (χ1n) is 10.2. The van der Waals surface area contributed by atoms with E-state index < -0.39 is 5.54 Å². The van der Waals surface area contributed by atoms with Crippen molar-refractivity contribution in [2.45, 2.75) is 45.6 Å². The van der Waals surface area contributed by atoms with Gasteiger partial charge in [-0.3, -0.25) is 9.78 Å². The summed E-state index contributed by atoms with van der Waals surface area (Å²) in [5, 5.41) is 0. The van der Waals surface area contributed by atoms with Crippen LogP contribution in [0.1, 0.15) is 44.4 Å². The third-order valence-corrected chi connectivity index (χ3v) is 6.08. The van der Waals surface area contributed by atoms with Crippen molar-refractivity contribution in [2.24, 2.45) is 22.6 Å². The van der Waals surface area contributed by atoms with Gasteiger partial charge < -0.3 is 15.4 Å². The zero-order valence-corrected chi connectivity index (χ0v) is 17.9. The molecule has 1 saturated carbocycles. The van der Waals surface area contributed by atoms with Gasteiger partial charge in [0.25, 0.3) is 6.02 Å². The summed E-state index contributed by atoms with van der Waals surface area (Å²) in [4.78, 5) is 23.3. The van der Waals surface area contributed by atoms with Crippen LogP contribution in [0.4, 0.5) is 0 Å². The molecule has 2 heterocycles. The van der Waals surface area contributed by atoms with Crippen LogP contribution in [-0.4, -0.2) is 47.6 Å². The van der Waals surface area contributed by atoms with E-state index in [9.17, 15) is 4.79 Å². The number of hydrogen-bond donors (Lipinski definition) is 1. The number of rotatable bonds is 8. The van der Waals surface area contributed by atoms with Crippen LogP contribution >= 0.6 is 0 Å². The van der Waals surface area contributed by atoms with E-state index in [0.29, 0.717) is 25.5 Å². The number of aromatic nitrogens is 1. The normalized spacial score (nSPS) is 22.6. The Morgan fingerprint density at radius 1 is 1.52 bits per heavy atom. The quantitative estimate of drug-likeness (QED) is 0.684. The molecule has 2 aliphatic rings. The predicted molar refractivity (Wildman–Crippen MR) is 116 cm³/mol. The van der Waals surface area contributed by atoms with Crippen molar-refractivity contribution in [3.05, 3.63) is 47.8 Å². The monoisotopic (exact) mass is 396 g/mol. The van der Waals surface area contributed by atoms with E-state index in [1.807, 2.05) is 44.0 Å². The topological polar surface area (TPSA) is 80.8 Å². The Kier molecular flexibility index (Phi) is 6.10. The predicted octanol–water partition coefficient (Wildman–Crippen LogP) is 3.33. The lowest BCUT2D eigenvalue weighted by Gasteiger charge is -2.34. The molecule has 1 aromatic rings. The highest BCUT2D eigenvalue weighted by Crippen LogP contribution is 2.37. The number of nitrogens with two attached hydrogens (primary N) is 1. The van der Waals surface area contributed by atoms with Crippen LogP contribution in [-0.2, 0) is 9.53 Å². The summed E-state index contributed by atoms with van der Waals surface area (Å²) in [6.45, 7) is 11.3. The van der Waals surface area contributed by atoms with Crippen LogP contribution in [0.3, 0.4) is 0 Å². The Labute approximate surface area is 173 Å². The third-order valence-electron chi connectivity index (χ3n) is 6.08. The smallest absolute Gasteiger partial charge is 0.283 e. The van der Waals surface area contributed by atoms with E-state index in [1.165, 1.54) is 12.8 Å². The van der Waals surface area contributed by atoms with Gasteiger partial charge in [0.05, 0.1) is 0 Å². The van der Waals surface area contributed by atoms with E-state index >= 15 is 0 Å². The molecule has 0 spiro atoms. The summed E-state index contributed by atoms with van der Waals surface area (Å²) in [6, 6.07) is 4.15. The first kappa shape index (κ1) is 21.1. The Bertz CT molecular complexity index is 856. The number of pyridine rings is 1. The lowest BCUT2D eigenvalue weighted by Crippen LogP contribution is -2.44. The molecule has 6 nitrogen and oxygen atoms in total. The van der Waals surface area contributed by atoms with Gasteiger partial charge in [-0.05, 0) is 55.4 Å². The second-order valence-corrected chi connectivity index (χ2v) is 8.47. The van der Waals surface area contributed by atoms with Crippen molar-refractivity contribution in [2.75, 3.05) is 20.2 Å². The number of amides is 1. The first-order chi connectivity index (χ1) is 13.7. The lowest BCUT2D eigenvalue weighted by molar-refractivity contribution is -0.131. The first-order valence-corrected chi connectivity index (χ1v) is 10.2. The molecule has 0 aromatic carbocycles. The molecular formula is C23H32N4O2. The molecule has 0 bridgehead atoms. The molecule has 1 aliphatic heterocycles. The number of aryl methyl sites for hydroxylation is 1. The number of nitrogens with zero attached hydrogens (tertiary/aromatic N) is 3. The average Bonchev–Trinajstić information content (AvgIpc) is 3.40. The number of hydrogen-bond acceptors (Lipinski definition) is 5. The van der Waals surface area contributed by atoms with Gasteiger partial charge in [-0.1, -0.05) is 25.6 Å². The van der Waals surface area contributed by atoms with E-state index in [2.05, 4.69) is 23.5 Å². The summed E-state index contributed by atoms with van der Waals surface area (Å²) in [5.74, 6) is 0.762. The van der Waals surface area contributed by atoms with Gasteiger partial charge in [-0.2, -0.15) is 0 Å². The molecule has 29 heavy (non-hydrogen) atoms. The van der Waals surface area contributed by atoms with Crippen molar-refractivity contribution in [3.8, 4) is 0 Å². The summed E-state index contributed by atoms with van der Waals surface area (Å²) < 4.78 is 5.56. The van der Waals surface area contributed by atoms with Gasteiger partial charge in [-0.15, -0.1) is 0 Å². The van der Waals surface area contributed by atoms with Crippen LogP contribution < -0.4 is 5.73 Å². The van der Waals surface area contributed by atoms with Crippen LogP contribution in [0.2, 0.25) is 0 Å². The average molecular weight is 397 g/mol. The summed E-state index contributed by atoms with van der Waals surface area (Å²) >= 11 is 0. The van der Waals surface area contributed by atoms with Crippen molar-refractivity contribution in [1.82, 2.24) is 9.88 Å². The van der Waals surface area contributed by atoms with Crippen LogP contribution in [0.15, 0.2) is 41.6 Å². The standard InChI is InChI=1S/C23H32N4O2/c1-15(20-7-6-10-25-18(20)4)11-16(2)23(14-29-22(24)26-23)17(3)13-27(5)21(28)12-19-8-9-19/h6-7,10-11,17,19H,2,8-9,12-14H2,1,3-5H3,(H2,24,26)/b15-11+/t17-,23+/m1/s1. The van der Waals surface area contributed by atoms with Gasteiger partial charge in [0.2, 0.25) is 5.91 Å². The van der Waals surface area contributed by atoms with Gasteiger partial charge in [0.15, 0.2) is 0 Å². The molecule has 1 fully saturated rings. The minimum absolute atomic E-state index is 0.00301. The SMILES string of the molecule is C=C(/C=C(\C)c1cccnc1C)[C@]1([C@H](C)CN(C)C(=O)CC2CC2)COC(N)=N1. The number of aliphatic imine (C=N–C) groups is 1. The van der Waals surface area contributed by atoms with Gasteiger partial charge in [0.1, 0.15) is 12.1 Å². The Balaban J connectivity index is 1.80. The molecule has 1 amide bonds. The molecule has 2 N–H and O–H groups in total. The summed E-state index contributed by atoms with van der Waals surface area (Å²) in [6.07, 6.45) is 6.80. The minimum Gasteiger partial charge on any atom is -0.462 e. The Morgan fingerprint density at radius 2 is 2.24 bits per heavy atom. The molecule has 156 valence electrons. The number of ether oxygens (including phenoxy) is 1. The van der Waals surface area contributed by atoms with Gasteiger partial charge in [-0.25, -0.2) is 4.99 Å². The summed E-state index contributed by atoms with van der Waals surface area (Å²) in [5.41, 5.74) is 9.13. The molecule has 2 atom stereocenters. The van der Waals surface area contributed by atoms with Gasteiger partial charge in [0, 0.05) is 37.8 Å². The number of allylic oxidation sites excluding steroid dienone is 1. The molecule has 0 unspecified atom stereocenters. The fourth-order valence-electron chi connectivity index (χ4n) is 3.93. The van der Waals surface area contributed by atoms with E-state index in [0.717, 1.165) is 22.4 Å². The second-order valence-electron chi connectivity index (χ2n) is 8.47. The minimum atomic E-state index is -0.685. The van der Waals surface area contributed by atoms with Gasteiger partial charge >= 0.3 is 0 Å². The zero-order chi connectivity index (χ0) is 21.2. The van der Waals surface area contributed by atoms with Crippen LogP contribution in [0.25, 0.3) is 5.57 Å². The highest BCUT2D eigenvalue weighted by atomic mass is 16.5. The maximum atomic E-state index is 12.5. The molecular weight excluding hydrogens is 364 g/mol. The number of carbonyl (C=O) groups excluding carboxylic acids is 1. The van der Waals surface area contributed by atoms with Crippen LogP contribution in [0.5, 0.6) is 0 Å². The highest BCUT2D eigenvalue weighted by Gasteiger charge is 2.44. The molecule has 0 saturated heterocycles. The summed E-state index contributed by atoms with van der Waals surface area (Å²) in [7, 11) is 1.86. The highest BCUT2D eigenvalue weighted by molar-refractivity contribution is 5.77. The van der Waals surface area contributed by atoms with Crippen molar-refractivity contribution in [3.63, 3.8) is 0 Å². The second kappa shape index (κ2) is 8.39. The van der Waals surface area contributed by atoms with Crippen molar-refractivity contribution >= 4 is 17.5 Å². The molecule has 1 aromatic heterocycles. The maximum absolute atomic E-state index is 12.5. The molecule has 1 aliphatic carbocycles. The fraction of sp³-hybridized carbons (Fsp3) is 0.522. The molecule has 3 rings (SSSR count). The molecule has 0 radical (unpaired) electrons. The van der Waals surface area contributed by atoms with E-state index in [1.54, 1.807) is 6.20 Å². The van der Waals surface area contributed by atoms with E-state index in [-0.39, 0.29) is 17.8 Å². The van der Waals surface area contributed by atoms with E-state index in [4.69, 9.17) is 10.5 Å². The fourth-order valence-corrected chi connectivity index (χ4v) is 3.93. The molecule has 6 heteroatoms. The Hall–Kier alpha value is -2.63. The lowest BCUT2D eigenvalue weighted by atomic mass is 9.79. The zero-order valence-electron chi connectivity index (χ0n) is 17.9. The third kappa shape index (κ3) is 4.69. The number of carbonyl (C=O) groups is 1. The van der Waals surface area contributed by atoms with Crippen molar-refractivity contribution < 1.29 is 9.53 Å². The number of amidine groups is 1. The maximum Gasteiger partial charge on any atom is 0.283 e. The van der Waals surface area contributed by atoms with Crippen molar-refractivity contribution in [1.29, 1.82) is 0 Å². The largest absolute Gasteiger partial charge is 0.462 e. The Morgan fingerprint density at radius 3 is 2.83 bits per heavy atom. The van der Waals surface area contributed by atoms with Crippen LogP contribution in [0, 0.1) is 18.8 Å².